The van der Waals surface area contributed by atoms with Crippen LogP contribution in [0.3, 0.4) is 0 Å². The Balaban J connectivity index is 2.30. The molecule has 0 saturated carbocycles. The molecular weight excluding hydrogens is 284 g/mol. The molecule has 0 aliphatic carbocycles. The van der Waals surface area contributed by atoms with Crippen molar-refractivity contribution in [3.8, 4) is 6.07 Å². The number of carbonyl (C=O) groups is 1. The van der Waals surface area contributed by atoms with Crippen molar-refractivity contribution < 1.29 is 9.72 Å². The number of hydrazone groups is 1. The fraction of sp³-hybridized carbons (Fsp3) is 0. The third kappa shape index (κ3) is 3.32. The van der Waals surface area contributed by atoms with Crippen LogP contribution in [-0.2, 0) is 0 Å². The van der Waals surface area contributed by atoms with E-state index in [1.807, 2.05) is 0 Å². The molecule has 2 aromatic rings. The molecule has 0 bridgehead atoms. The van der Waals surface area contributed by atoms with Crippen molar-refractivity contribution in [1.82, 2.24) is 0 Å². The predicted octanol–water partition coefficient (Wildman–Crippen LogP) is 2.77. The second-order valence-electron chi connectivity index (χ2n) is 4.15. The molecule has 0 amide bonds. The van der Waals surface area contributed by atoms with Crippen LogP contribution in [0.4, 0.5) is 11.4 Å². The number of nitro benzene ring substituents is 1. The highest BCUT2D eigenvalue weighted by molar-refractivity contribution is 6.52. The summed E-state index contributed by atoms with van der Waals surface area (Å²) < 4.78 is 0. The van der Waals surface area contributed by atoms with E-state index < -0.39 is 16.4 Å². The number of ketones is 1. The Hall–Kier alpha value is -3.53. The molecule has 0 heterocycles. The van der Waals surface area contributed by atoms with Gasteiger partial charge in [0.2, 0.25) is 11.5 Å². The molecule has 108 valence electrons. The summed E-state index contributed by atoms with van der Waals surface area (Å²) in [6.45, 7) is 0. The predicted molar refractivity (Wildman–Crippen MR) is 80.5 cm³/mol. The molecule has 7 nitrogen and oxygen atoms in total. The molecule has 22 heavy (non-hydrogen) atoms. The third-order valence-electron chi connectivity index (χ3n) is 2.74. The quantitative estimate of drug-likeness (QED) is 0.394. The molecule has 0 atom stereocenters. The van der Waals surface area contributed by atoms with Gasteiger partial charge in [0.25, 0.3) is 5.69 Å². The van der Waals surface area contributed by atoms with Gasteiger partial charge in [-0.05, 0) is 18.2 Å². The molecule has 2 aromatic carbocycles. The van der Waals surface area contributed by atoms with Gasteiger partial charge in [0.15, 0.2) is 0 Å². The molecule has 7 heteroatoms. The monoisotopic (exact) mass is 294 g/mol. The Morgan fingerprint density at radius 3 is 2.41 bits per heavy atom. The number of nitriles is 1. The lowest BCUT2D eigenvalue weighted by atomic mass is 10.1. The number of rotatable bonds is 5. The molecule has 0 aromatic heterocycles. The summed E-state index contributed by atoms with van der Waals surface area (Å²) in [6.07, 6.45) is 0. The number of anilines is 1. The van der Waals surface area contributed by atoms with E-state index in [2.05, 4.69) is 10.5 Å². The first-order valence-corrected chi connectivity index (χ1v) is 6.20. The summed E-state index contributed by atoms with van der Waals surface area (Å²) in [6, 6.07) is 15.8. The van der Waals surface area contributed by atoms with E-state index in [-0.39, 0.29) is 11.3 Å². The molecule has 0 spiro atoms. The molecular formula is C15H10N4O3. The van der Waals surface area contributed by atoms with E-state index >= 15 is 0 Å². The summed E-state index contributed by atoms with van der Waals surface area (Å²) in [5, 5.41) is 23.7. The van der Waals surface area contributed by atoms with Gasteiger partial charge >= 0.3 is 0 Å². The molecule has 0 aliphatic rings. The topological polar surface area (TPSA) is 108 Å². The largest absolute Gasteiger partial charge is 0.286 e. The second-order valence-corrected chi connectivity index (χ2v) is 4.15. The van der Waals surface area contributed by atoms with Crippen LogP contribution < -0.4 is 5.43 Å². The van der Waals surface area contributed by atoms with E-state index in [4.69, 9.17) is 5.26 Å². The summed E-state index contributed by atoms with van der Waals surface area (Å²) >= 11 is 0. The lowest BCUT2D eigenvalue weighted by Crippen LogP contribution is -2.15. The van der Waals surface area contributed by atoms with Crippen LogP contribution >= 0.6 is 0 Å². The molecule has 1 N–H and O–H groups in total. The normalized spacial score (nSPS) is 10.6. The van der Waals surface area contributed by atoms with E-state index in [1.54, 1.807) is 36.4 Å². The maximum atomic E-state index is 12.2. The maximum Gasteiger partial charge on any atom is 0.280 e. The van der Waals surface area contributed by atoms with Crippen molar-refractivity contribution in [3.63, 3.8) is 0 Å². The number of carbonyl (C=O) groups excluding carboxylic acids is 1. The molecule has 0 aliphatic heterocycles. The van der Waals surface area contributed by atoms with Crippen LogP contribution in [0.5, 0.6) is 0 Å². The Kier molecular flexibility index (Phi) is 4.57. The van der Waals surface area contributed by atoms with Crippen molar-refractivity contribution >= 4 is 22.9 Å². The summed E-state index contributed by atoms with van der Waals surface area (Å²) in [4.78, 5) is 22.5. The van der Waals surface area contributed by atoms with Gasteiger partial charge in [-0.25, -0.2) is 0 Å². The van der Waals surface area contributed by atoms with Crippen molar-refractivity contribution in [2.45, 2.75) is 0 Å². The first-order valence-electron chi connectivity index (χ1n) is 6.20. The number of Topliss-reactive ketones (excluding diaryl/α,β-unsaturated/α-hetero) is 1. The van der Waals surface area contributed by atoms with Crippen molar-refractivity contribution in [1.29, 1.82) is 5.26 Å². The Morgan fingerprint density at radius 1 is 1.14 bits per heavy atom. The fourth-order valence-corrected chi connectivity index (χ4v) is 1.71. The van der Waals surface area contributed by atoms with Crippen LogP contribution in [-0.4, -0.2) is 16.4 Å². The van der Waals surface area contributed by atoms with Gasteiger partial charge in [0.05, 0.1) is 10.6 Å². The molecule has 0 saturated heterocycles. The number of hydrogen-bond acceptors (Lipinski definition) is 6. The maximum absolute atomic E-state index is 12.2. The first kappa shape index (κ1) is 14.9. The highest BCUT2D eigenvalue weighted by Gasteiger charge is 2.23. The van der Waals surface area contributed by atoms with Crippen molar-refractivity contribution in [2.75, 3.05) is 5.43 Å². The van der Waals surface area contributed by atoms with E-state index in [0.717, 1.165) is 0 Å². The smallest absolute Gasteiger partial charge is 0.280 e. The minimum atomic E-state index is -0.807. The minimum absolute atomic E-state index is 0.178. The summed E-state index contributed by atoms with van der Waals surface area (Å²) in [7, 11) is 0. The zero-order valence-electron chi connectivity index (χ0n) is 11.3. The standard InChI is InChI=1S/C15H10N4O3/c16-10-13(18-17-11-6-2-1-3-7-11)15(20)12-8-4-5-9-14(12)19(21)22/h1-9,17H/b18-13-. The second kappa shape index (κ2) is 6.76. The number of para-hydroxylation sites is 2. The minimum Gasteiger partial charge on any atom is -0.286 e. The average Bonchev–Trinajstić information content (AvgIpc) is 2.56. The van der Waals surface area contributed by atoms with Crippen LogP contribution in [0.1, 0.15) is 10.4 Å². The summed E-state index contributed by atoms with van der Waals surface area (Å²) in [5.74, 6) is -0.807. The van der Waals surface area contributed by atoms with E-state index in [1.165, 1.54) is 24.3 Å². The van der Waals surface area contributed by atoms with E-state index in [0.29, 0.717) is 5.69 Å². The third-order valence-corrected chi connectivity index (χ3v) is 2.74. The Bertz CT molecular complexity index is 779. The van der Waals surface area contributed by atoms with Gasteiger partial charge in [-0.3, -0.25) is 20.3 Å². The molecule has 0 radical (unpaired) electrons. The lowest BCUT2D eigenvalue weighted by Gasteiger charge is -2.02. The first-order chi connectivity index (χ1) is 10.6. The van der Waals surface area contributed by atoms with E-state index in [9.17, 15) is 14.9 Å². The number of nitrogens with one attached hydrogen (secondary N) is 1. The SMILES string of the molecule is N#C/C(=N/Nc1ccccc1)C(=O)c1ccccc1[N+](=O)[O-]. The van der Waals surface area contributed by atoms with Gasteiger partial charge < -0.3 is 0 Å². The zero-order valence-corrected chi connectivity index (χ0v) is 11.3. The number of nitro groups is 1. The van der Waals surface area contributed by atoms with Crippen LogP contribution in [0.25, 0.3) is 0 Å². The average molecular weight is 294 g/mol. The van der Waals surface area contributed by atoms with Crippen molar-refractivity contribution in [2.24, 2.45) is 5.10 Å². The van der Waals surface area contributed by atoms with Crippen molar-refractivity contribution in [3.05, 3.63) is 70.3 Å². The molecule has 2 rings (SSSR count). The lowest BCUT2D eigenvalue weighted by molar-refractivity contribution is -0.385. The van der Waals surface area contributed by atoms with Crippen LogP contribution in [0.2, 0.25) is 0 Å². The van der Waals surface area contributed by atoms with Gasteiger partial charge in [-0.2, -0.15) is 10.4 Å². The van der Waals surface area contributed by atoms with Gasteiger partial charge in [-0.1, -0.05) is 30.3 Å². The molecule has 0 fully saturated rings. The summed E-state index contributed by atoms with van der Waals surface area (Å²) in [5.41, 5.74) is 2.15. The Labute approximate surface area is 125 Å². The van der Waals surface area contributed by atoms with Crippen LogP contribution in [0.15, 0.2) is 59.7 Å². The Morgan fingerprint density at radius 2 is 1.77 bits per heavy atom. The number of hydrogen-bond donors (Lipinski definition) is 1. The van der Waals surface area contributed by atoms with Gasteiger partial charge in [0, 0.05) is 6.07 Å². The number of nitrogens with zero attached hydrogens (tertiary/aromatic N) is 3. The number of benzene rings is 2. The highest BCUT2D eigenvalue weighted by atomic mass is 16.6. The fourth-order valence-electron chi connectivity index (χ4n) is 1.71. The van der Waals surface area contributed by atoms with Gasteiger partial charge in [-0.15, -0.1) is 0 Å². The zero-order chi connectivity index (χ0) is 15.9. The highest BCUT2D eigenvalue weighted by Crippen LogP contribution is 2.18. The molecule has 0 unspecified atom stereocenters. The van der Waals surface area contributed by atoms with Crippen LogP contribution in [0, 0.1) is 21.4 Å². The van der Waals surface area contributed by atoms with Gasteiger partial charge in [0.1, 0.15) is 11.6 Å².